The SMILES string of the molecule is O=S1(=O)c2ccccc2C2(c3ccccc3N(c3ccccc3)c3ccccc32)c2ccccc21. The fourth-order valence-corrected chi connectivity index (χ4v) is 7.74. The van der Waals surface area contributed by atoms with Gasteiger partial charge in [0.25, 0.3) is 0 Å². The van der Waals surface area contributed by atoms with Crippen LogP contribution in [0.3, 0.4) is 0 Å². The summed E-state index contributed by atoms with van der Waals surface area (Å²) in [4.78, 5) is 3.03. The lowest BCUT2D eigenvalue weighted by molar-refractivity contribution is 0.578. The molecule has 0 fully saturated rings. The Bertz CT molecular complexity index is 1620. The van der Waals surface area contributed by atoms with Crippen molar-refractivity contribution in [3.63, 3.8) is 0 Å². The number of benzene rings is 5. The van der Waals surface area contributed by atoms with E-state index in [0.29, 0.717) is 9.79 Å². The van der Waals surface area contributed by atoms with E-state index < -0.39 is 15.3 Å². The third kappa shape index (κ3) is 2.52. The van der Waals surface area contributed by atoms with Crippen molar-refractivity contribution in [3.05, 3.63) is 150 Å². The van der Waals surface area contributed by atoms with E-state index in [9.17, 15) is 8.42 Å². The van der Waals surface area contributed by atoms with Crippen LogP contribution in [0, 0.1) is 0 Å². The minimum Gasteiger partial charge on any atom is -0.310 e. The number of sulfone groups is 1. The third-order valence-corrected chi connectivity index (χ3v) is 9.14. The van der Waals surface area contributed by atoms with E-state index in [1.54, 1.807) is 12.1 Å². The lowest BCUT2D eigenvalue weighted by Gasteiger charge is -2.48. The number of hydrogen-bond donors (Lipinski definition) is 0. The van der Waals surface area contributed by atoms with Gasteiger partial charge >= 0.3 is 0 Å². The van der Waals surface area contributed by atoms with E-state index in [-0.39, 0.29) is 0 Å². The molecule has 0 aromatic heterocycles. The summed E-state index contributed by atoms with van der Waals surface area (Å²) in [5.41, 5.74) is 6.11. The van der Waals surface area contributed by atoms with E-state index in [1.807, 2.05) is 78.9 Å². The summed E-state index contributed by atoms with van der Waals surface area (Å²) >= 11 is 0. The van der Waals surface area contributed by atoms with Gasteiger partial charge in [-0.05, 0) is 58.7 Å². The Morgan fingerprint density at radius 2 is 0.857 bits per heavy atom. The van der Waals surface area contributed by atoms with Crippen molar-refractivity contribution in [2.24, 2.45) is 0 Å². The molecule has 5 aromatic rings. The highest BCUT2D eigenvalue weighted by Crippen LogP contribution is 2.61. The highest BCUT2D eigenvalue weighted by molar-refractivity contribution is 7.91. The minimum atomic E-state index is -3.66. The van der Waals surface area contributed by atoms with Gasteiger partial charge in [0.2, 0.25) is 9.84 Å². The first kappa shape index (κ1) is 20.2. The summed E-state index contributed by atoms with van der Waals surface area (Å²) in [6.07, 6.45) is 0. The van der Waals surface area contributed by atoms with Crippen LogP contribution in [0.4, 0.5) is 17.1 Å². The van der Waals surface area contributed by atoms with Crippen LogP contribution in [0.2, 0.25) is 0 Å². The molecule has 0 saturated carbocycles. The number of hydrogen-bond acceptors (Lipinski definition) is 3. The molecule has 0 amide bonds. The summed E-state index contributed by atoms with van der Waals surface area (Å²) < 4.78 is 27.6. The van der Waals surface area contributed by atoms with Crippen LogP contribution in [0.1, 0.15) is 22.3 Å². The summed E-state index contributed by atoms with van der Waals surface area (Å²) in [6.45, 7) is 0. The number of fused-ring (bicyclic) bond motifs is 8. The van der Waals surface area contributed by atoms with E-state index in [4.69, 9.17) is 0 Å². The second-order valence-corrected chi connectivity index (χ2v) is 10.8. The van der Waals surface area contributed by atoms with Crippen molar-refractivity contribution >= 4 is 26.9 Å². The molecule has 0 radical (unpaired) electrons. The number of rotatable bonds is 1. The van der Waals surface area contributed by atoms with Crippen LogP contribution in [0.25, 0.3) is 0 Å². The van der Waals surface area contributed by atoms with Crippen molar-refractivity contribution < 1.29 is 8.42 Å². The normalized spacial score (nSPS) is 16.1. The van der Waals surface area contributed by atoms with Crippen molar-refractivity contribution in [2.75, 3.05) is 4.90 Å². The van der Waals surface area contributed by atoms with Gasteiger partial charge in [0.1, 0.15) is 0 Å². The van der Waals surface area contributed by atoms with E-state index in [2.05, 4.69) is 41.3 Å². The first-order valence-corrected chi connectivity index (χ1v) is 13.1. The summed E-state index contributed by atoms with van der Waals surface area (Å²) in [7, 11) is -3.66. The second kappa shape index (κ2) is 7.17. The molecule has 7 rings (SSSR count). The third-order valence-electron chi connectivity index (χ3n) is 7.27. The van der Waals surface area contributed by atoms with Gasteiger partial charge in [-0.1, -0.05) is 91.0 Å². The Balaban J connectivity index is 1.71. The molecule has 35 heavy (non-hydrogen) atoms. The standard InChI is InChI=1S/C31H21NO2S/c33-35(34)29-20-10-6-16-25(29)31(26-17-7-11-21-30(26)35)23-14-4-8-18-27(23)32(22-12-2-1-3-13-22)28-19-9-5-15-24(28)31/h1-21H. The fraction of sp³-hybridized carbons (Fsp3) is 0.0323. The largest absolute Gasteiger partial charge is 0.310 e. The van der Waals surface area contributed by atoms with Crippen LogP contribution in [-0.4, -0.2) is 8.42 Å². The maximum atomic E-state index is 13.8. The van der Waals surface area contributed by atoms with Crippen LogP contribution in [0.5, 0.6) is 0 Å². The summed E-state index contributed by atoms with van der Waals surface area (Å²) in [6, 6.07) is 42.1. The topological polar surface area (TPSA) is 37.4 Å². The first-order valence-electron chi connectivity index (χ1n) is 11.6. The second-order valence-electron chi connectivity index (χ2n) is 8.95. The summed E-state index contributed by atoms with van der Waals surface area (Å²) in [5.74, 6) is 0. The van der Waals surface area contributed by atoms with E-state index in [0.717, 1.165) is 39.3 Å². The van der Waals surface area contributed by atoms with Crippen molar-refractivity contribution in [1.82, 2.24) is 0 Å². The molecule has 168 valence electrons. The Morgan fingerprint density at radius 1 is 0.457 bits per heavy atom. The molecule has 0 bridgehead atoms. The first-order chi connectivity index (χ1) is 17.1. The van der Waals surface area contributed by atoms with Crippen LogP contribution in [0.15, 0.2) is 137 Å². The average molecular weight is 472 g/mol. The number of nitrogens with zero attached hydrogens (tertiary/aromatic N) is 1. The summed E-state index contributed by atoms with van der Waals surface area (Å²) in [5, 5.41) is 0. The molecule has 0 atom stereocenters. The molecule has 0 aliphatic carbocycles. The lowest BCUT2D eigenvalue weighted by atomic mass is 9.62. The zero-order valence-corrected chi connectivity index (χ0v) is 19.6. The Hall–Kier alpha value is -4.15. The molecule has 2 aliphatic rings. The molecular weight excluding hydrogens is 450 g/mol. The van der Waals surface area contributed by atoms with Crippen molar-refractivity contribution in [3.8, 4) is 0 Å². The highest BCUT2D eigenvalue weighted by Gasteiger charge is 2.53. The minimum absolute atomic E-state index is 0.372. The quantitative estimate of drug-likeness (QED) is 0.259. The van der Waals surface area contributed by atoms with Gasteiger partial charge in [0, 0.05) is 5.69 Å². The molecule has 0 N–H and O–H groups in total. The molecule has 0 saturated heterocycles. The molecule has 1 spiro atoms. The van der Waals surface area contributed by atoms with Gasteiger partial charge in [-0.15, -0.1) is 0 Å². The molecule has 3 nitrogen and oxygen atoms in total. The van der Waals surface area contributed by atoms with Gasteiger partial charge in [0.15, 0.2) is 0 Å². The average Bonchev–Trinajstić information content (AvgIpc) is 2.92. The Morgan fingerprint density at radius 3 is 1.37 bits per heavy atom. The predicted molar refractivity (Wildman–Crippen MR) is 138 cm³/mol. The zero-order valence-electron chi connectivity index (χ0n) is 18.8. The van der Waals surface area contributed by atoms with Gasteiger partial charge in [-0.25, -0.2) is 8.42 Å². The van der Waals surface area contributed by atoms with Crippen LogP contribution in [-0.2, 0) is 15.3 Å². The molecule has 5 aromatic carbocycles. The fourth-order valence-electron chi connectivity index (χ4n) is 5.97. The monoisotopic (exact) mass is 471 g/mol. The maximum absolute atomic E-state index is 13.8. The molecule has 2 aliphatic heterocycles. The van der Waals surface area contributed by atoms with E-state index >= 15 is 0 Å². The van der Waals surface area contributed by atoms with Crippen molar-refractivity contribution in [1.29, 1.82) is 0 Å². The van der Waals surface area contributed by atoms with Crippen LogP contribution >= 0.6 is 0 Å². The molecular formula is C31H21NO2S. The number of para-hydroxylation sites is 3. The van der Waals surface area contributed by atoms with Crippen molar-refractivity contribution in [2.45, 2.75) is 15.2 Å². The molecule has 2 heterocycles. The highest BCUT2D eigenvalue weighted by atomic mass is 32.2. The number of anilines is 3. The Kier molecular flexibility index (Phi) is 4.15. The zero-order chi connectivity index (χ0) is 23.6. The molecule has 4 heteroatoms. The van der Waals surface area contributed by atoms with Gasteiger partial charge in [-0.3, -0.25) is 0 Å². The van der Waals surface area contributed by atoms with Gasteiger partial charge in [-0.2, -0.15) is 0 Å². The maximum Gasteiger partial charge on any atom is 0.207 e. The van der Waals surface area contributed by atoms with Gasteiger partial charge in [0.05, 0.1) is 26.6 Å². The Labute approximate surface area is 204 Å². The van der Waals surface area contributed by atoms with E-state index in [1.165, 1.54) is 0 Å². The van der Waals surface area contributed by atoms with Crippen LogP contribution < -0.4 is 4.90 Å². The predicted octanol–water partition coefficient (Wildman–Crippen LogP) is 7.00. The smallest absolute Gasteiger partial charge is 0.207 e. The lowest BCUT2D eigenvalue weighted by Crippen LogP contribution is -2.41. The van der Waals surface area contributed by atoms with Gasteiger partial charge < -0.3 is 4.90 Å². The molecule has 0 unspecified atom stereocenters.